The normalized spacial score (nSPS) is 12.1. The monoisotopic (exact) mass is 540 g/mol. The Morgan fingerprint density at radius 2 is 0.897 bits per heavy atom. The number of benzene rings is 3. The van der Waals surface area contributed by atoms with Crippen molar-refractivity contribution in [1.82, 2.24) is 20.4 Å². The van der Waals surface area contributed by atoms with E-state index in [-0.39, 0.29) is 28.2 Å². The van der Waals surface area contributed by atoms with E-state index in [1.165, 1.54) is 11.1 Å². The van der Waals surface area contributed by atoms with Crippen molar-refractivity contribution in [2.75, 3.05) is 0 Å². The predicted molar refractivity (Wildman–Crippen MR) is 151 cm³/mol. The predicted octanol–water partition coefficient (Wildman–Crippen LogP) is 8.09. The lowest BCUT2D eigenvalue weighted by atomic mass is 9.87. The van der Waals surface area contributed by atoms with E-state index in [1.54, 1.807) is 18.2 Å². The molecule has 0 radical (unpaired) electrons. The van der Waals surface area contributed by atoms with Gasteiger partial charge >= 0.3 is 0 Å². The molecule has 0 saturated carbocycles. The molecule has 198 valence electrons. The Hall–Kier alpha value is -4.10. The van der Waals surface area contributed by atoms with E-state index >= 15 is 0 Å². The number of nitrogens with zero attached hydrogens (tertiary/aromatic N) is 4. The lowest BCUT2D eigenvalue weighted by Crippen LogP contribution is -2.10. The van der Waals surface area contributed by atoms with Gasteiger partial charge < -0.3 is 8.83 Å². The summed E-state index contributed by atoms with van der Waals surface area (Å²) in [7, 11) is 0. The van der Waals surface area contributed by atoms with Crippen LogP contribution in [0.2, 0.25) is 0 Å². The van der Waals surface area contributed by atoms with Crippen molar-refractivity contribution in [3.8, 4) is 45.8 Å². The van der Waals surface area contributed by atoms with Crippen LogP contribution in [0.4, 0.5) is 0 Å². The lowest BCUT2D eigenvalue weighted by molar-refractivity contribution is 0.108. The van der Waals surface area contributed by atoms with Gasteiger partial charge in [0.15, 0.2) is 0 Å². The van der Waals surface area contributed by atoms with Crippen molar-refractivity contribution in [3.63, 3.8) is 0 Å². The fourth-order valence-electron chi connectivity index (χ4n) is 4.13. The number of carbonyl (C=O) groups excluding carboxylic acids is 1. The van der Waals surface area contributed by atoms with E-state index < -0.39 is 5.24 Å². The average Bonchev–Trinajstić information content (AvgIpc) is 3.58. The molecule has 0 unspecified atom stereocenters. The molecule has 0 aliphatic carbocycles. The zero-order valence-corrected chi connectivity index (χ0v) is 23.5. The Labute approximate surface area is 232 Å². The summed E-state index contributed by atoms with van der Waals surface area (Å²) in [6, 6.07) is 21.0. The summed E-state index contributed by atoms with van der Waals surface area (Å²) in [4.78, 5) is 12.1. The largest absolute Gasteiger partial charge is 0.416 e. The van der Waals surface area contributed by atoms with E-state index in [4.69, 9.17) is 20.4 Å². The van der Waals surface area contributed by atoms with Crippen molar-refractivity contribution < 1.29 is 13.6 Å². The van der Waals surface area contributed by atoms with Gasteiger partial charge in [0.2, 0.25) is 23.6 Å². The van der Waals surface area contributed by atoms with Gasteiger partial charge in [-0.25, -0.2) is 0 Å². The summed E-state index contributed by atoms with van der Waals surface area (Å²) in [6.45, 7) is 12.9. The first-order valence-electron chi connectivity index (χ1n) is 12.6. The number of rotatable bonds is 5. The van der Waals surface area contributed by atoms with Crippen LogP contribution >= 0.6 is 11.6 Å². The van der Waals surface area contributed by atoms with Crippen LogP contribution in [0.5, 0.6) is 0 Å². The first kappa shape index (κ1) is 26.5. The average molecular weight is 541 g/mol. The fourth-order valence-corrected chi connectivity index (χ4v) is 4.24. The topological polar surface area (TPSA) is 94.9 Å². The highest BCUT2D eigenvalue weighted by Gasteiger charge is 2.20. The highest BCUT2D eigenvalue weighted by Crippen LogP contribution is 2.32. The smallest absolute Gasteiger partial charge is 0.252 e. The van der Waals surface area contributed by atoms with Crippen LogP contribution in [0.3, 0.4) is 0 Å². The van der Waals surface area contributed by atoms with Crippen molar-refractivity contribution in [3.05, 3.63) is 83.4 Å². The number of aromatic nitrogens is 4. The van der Waals surface area contributed by atoms with Gasteiger partial charge in [-0.1, -0.05) is 65.8 Å². The molecule has 0 aliphatic rings. The van der Waals surface area contributed by atoms with Crippen molar-refractivity contribution in [2.45, 2.75) is 52.4 Å². The van der Waals surface area contributed by atoms with E-state index in [9.17, 15) is 4.79 Å². The zero-order chi connectivity index (χ0) is 27.9. The van der Waals surface area contributed by atoms with Crippen LogP contribution in [0.15, 0.2) is 75.6 Å². The summed E-state index contributed by atoms with van der Waals surface area (Å²) < 4.78 is 12.0. The third-order valence-corrected chi connectivity index (χ3v) is 6.72. The number of hydrogen-bond acceptors (Lipinski definition) is 7. The highest BCUT2D eigenvalue weighted by molar-refractivity contribution is 6.67. The Balaban J connectivity index is 1.47. The number of carbonyl (C=O) groups is 1. The van der Waals surface area contributed by atoms with Crippen LogP contribution in [0, 0.1) is 0 Å². The Bertz CT molecular complexity index is 1520. The molecule has 0 atom stereocenters. The summed E-state index contributed by atoms with van der Waals surface area (Å²) in [6.07, 6.45) is 0. The maximum Gasteiger partial charge on any atom is 0.252 e. The molecule has 2 aromatic heterocycles. The van der Waals surface area contributed by atoms with E-state index in [1.807, 2.05) is 48.5 Å². The van der Waals surface area contributed by atoms with Crippen molar-refractivity contribution in [2.24, 2.45) is 0 Å². The zero-order valence-electron chi connectivity index (χ0n) is 22.7. The second-order valence-corrected chi connectivity index (χ2v) is 11.9. The maximum atomic E-state index is 12.1. The lowest BCUT2D eigenvalue weighted by Gasteiger charge is -2.18. The highest BCUT2D eigenvalue weighted by atomic mass is 35.5. The third kappa shape index (κ3) is 5.68. The quantitative estimate of drug-likeness (QED) is 0.208. The molecule has 7 nitrogen and oxygen atoms in total. The minimum Gasteiger partial charge on any atom is -0.416 e. The van der Waals surface area contributed by atoms with Crippen LogP contribution in [0.25, 0.3) is 45.8 Å². The van der Waals surface area contributed by atoms with Gasteiger partial charge in [-0.05, 0) is 76.0 Å². The minimum absolute atomic E-state index is 0.0357. The van der Waals surface area contributed by atoms with Crippen LogP contribution in [0.1, 0.15) is 63.0 Å². The molecule has 39 heavy (non-hydrogen) atoms. The minimum atomic E-state index is -0.631. The van der Waals surface area contributed by atoms with Gasteiger partial charge in [0.1, 0.15) is 0 Å². The Morgan fingerprint density at radius 1 is 0.564 bits per heavy atom. The third-order valence-electron chi connectivity index (χ3n) is 6.50. The van der Waals surface area contributed by atoms with Crippen LogP contribution < -0.4 is 0 Å². The molecular formula is C31H29ClN4O3. The Morgan fingerprint density at radius 3 is 1.21 bits per heavy atom. The van der Waals surface area contributed by atoms with E-state index in [0.29, 0.717) is 22.9 Å². The number of hydrogen-bond donors (Lipinski definition) is 0. The van der Waals surface area contributed by atoms with Gasteiger partial charge in [0.05, 0.1) is 0 Å². The SMILES string of the molecule is CC(C)(C)c1ccc(-c2nnc(-c3cc(C(=O)Cl)cc(-c4nnc(-c5ccc(C(C)(C)C)cc5)o4)c3)o2)cc1. The second-order valence-electron chi connectivity index (χ2n) is 11.6. The molecule has 0 bridgehead atoms. The van der Waals surface area contributed by atoms with Gasteiger partial charge in [-0.15, -0.1) is 20.4 Å². The summed E-state index contributed by atoms with van der Waals surface area (Å²) >= 11 is 5.86. The summed E-state index contributed by atoms with van der Waals surface area (Å²) in [5, 5.41) is 16.2. The maximum absolute atomic E-state index is 12.1. The molecule has 5 rings (SSSR count). The molecule has 0 N–H and O–H groups in total. The molecule has 2 heterocycles. The van der Waals surface area contributed by atoms with Gasteiger partial charge in [0.25, 0.3) is 5.24 Å². The molecule has 5 aromatic rings. The molecule has 0 amide bonds. The first-order valence-corrected chi connectivity index (χ1v) is 13.0. The molecular weight excluding hydrogens is 512 g/mol. The standard InChI is InChI=1S/C31H29ClN4O3/c1-30(2,3)23-11-7-18(8-12-23)26-33-35-28(38-26)21-15-20(25(32)37)16-22(17-21)29-36-34-27(39-29)19-9-13-24(14-10-19)31(4,5)6/h7-17H,1-6H3. The van der Waals surface area contributed by atoms with E-state index in [0.717, 1.165) is 11.1 Å². The molecule has 0 aliphatic heterocycles. The van der Waals surface area contributed by atoms with Crippen molar-refractivity contribution >= 4 is 16.8 Å². The molecule has 0 spiro atoms. The summed E-state index contributed by atoms with van der Waals surface area (Å²) in [5.41, 5.74) is 5.33. The molecule has 3 aromatic carbocycles. The van der Waals surface area contributed by atoms with Crippen molar-refractivity contribution in [1.29, 1.82) is 0 Å². The Kier molecular flexibility index (Phi) is 6.72. The van der Waals surface area contributed by atoms with Gasteiger partial charge in [-0.2, -0.15) is 0 Å². The van der Waals surface area contributed by atoms with Gasteiger partial charge in [-0.3, -0.25) is 4.79 Å². The number of halogens is 1. The second kappa shape index (κ2) is 9.89. The molecule has 8 heteroatoms. The van der Waals surface area contributed by atoms with Crippen LogP contribution in [-0.4, -0.2) is 25.6 Å². The molecule has 0 fully saturated rings. The fraction of sp³-hybridized carbons (Fsp3) is 0.258. The summed E-state index contributed by atoms with van der Waals surface area (Å²) in [5.74, 6) is 1.22. The first-order chi connectivity index (χ1) is 18.4. The van der Waals surface area contributed by atoms with Crippen LogP contribution in [-0.2, 0) is 10.8 Å². The van der Waals surface area contributed by atoms with Gasteiger partial charge in [0, 0.05) is 27.8 Å². The molecule has 0 saturated heterocycles. The van der Waals surface area contributed by atoms with E-state index in [2.05, 4.69) is 61.9 Å².